The second-order valence-corrected chi connectivity index (χ2v) is 16.2. The number of hydrogen-bond donors (Lipinski definition) is 1. The minimum absolute atomic E-state index is 0.0825. The molecular weight excluding hydrogens is 496 g/mol. The van der Waals surface area contributed by atoms with E-state index in [1.54, 1.807) is 16.7 Å². The third-order valence-corrected chi connectivity index (χ3v) is 7.76. The first-order chi connectivity index (χ1) is 16.4. The van der Waals surface area contributed by atoms with E-state index in [1.165, 1.54) is 12.3 Å². The second kappa shape index (κ2) is 9.40. The molecule has 0 saturated heterocycles. The molecule has 4 rings (SSSR count). The predicted octanol–water partition coefficient (Wildman–Crippen LogP) is 6.14. The lowest BCUT2D eigenvalue weighted by atomic mass is 9.96. The first-order valence-corrected chi connectivity index (χ1v) is 15.3. The van der Waals surface area contributed by atoms with Gasteiger partial charge in [-0.05, 0) is 38.1 Å². The SMILES string of the molecule is CC1(C)C=Cc2c(-c3c(Cl)c4c(=O)[nH]ncc4n3COCC[Si](C)(C)C)ccc(OC(F)F)c2O1. The van der Waals surface area contributed by atoms with Crippen molar-refractivity contribution in [3.05, 3.63) is 45.3 Å². The average Bonchev–Trinajstić information content (AvgIpc) is 3.03. The second-order valence-electron chi connectivity index (χ2n) is 10.2. The number of nitrogens with one attached hydrogen (secondary N) is 1. The van der Waals surface area contributed by atoms with Gasteiger partial charge in [0.15, 0.2) is 11.5 Å². The van der Waals surface area contributed by atoms with Gasteiger partial charge in [0.2, 0.25) is 0 Å². The zero-order valence-corrected chi connectivity index (χ0v) is 22.0. The van der Waals surface area contributed by atoms with Gasteiger partial charge in [0.25, 0.3) is 5.56 Å². The number of halogens is 3. The molecule has 0 fully saturated rings. The number of H-pyrrole nitrogens is 1. The highest BCUT2D eigenvalue weighted by molar-refractivity contribution is 6.76. The van der Waals surface area contributed by atoms with Gasteiger partial charge in [-0.3, -0.25) is 4.79 Å². The van der Waals surface area contributed by atoms with E-state index in [0.717, 1.165) is 6.04 Å². The first kappa shape index (κ1) is 25.4. The zero-order valence-electron chi connectivity index (χ0n) is 20.2. The van der Waals surface area contributed by atoms with Crippen LogP contribution in [-0.2, 0) is 11.5 Å². The fourth-order valence-electron chi connectivity index (χ4n) is 3.92. The smallest absolute Gasteiger partial charge is 0.387 e. The number of alkyl halides is 2. The highest BCUT2D eigenvalue weighted by Crippen LogP contribution is 2.47. The van der Waals surface area contributed by atoms with Crippen LogP contribution in [0, 0.1) is 0 Å². The van der Waals surface area contributed by atoms with Crippen LogP contribution >= 0.6 is 11.6 Å². The van der Waals surface area contributed by atoms with Crippen LogP contribution in [0.5, 0.6) is 11.5 Å². The van der Waals surface area contributed by atoms with Crippen molar-refractivity contribution >= 4 is 36.7 Å². The fraction of sp³-hybridized carbons (Fsp3) is 0.417. The van der Waals surface area contributed by atoms with Gasteiger partial charge in [-0.15, -0.1) is 0 Å². The highest BCUT2D eigenvalue weighted by Gasteiger charge is 2.30. The molecule has 0 amide bonds. The van der Waals surface area contributed by atoms with Crippen LogP contribution in [-0.4, -0.2) is 41.7 Å². The van der Waals surface area contributed by atoms with Crippen LogP contribution in [0.15, 0.2) is 29.2 Å². The monoisotopic (exact) mass is 523 g/mol. The molecule has 1 aliphatic heterocycles. The van der Waals surface area contributed by atoms with Gasteiger partial charge in [-0.1, -0.05) is 37.3 Å². The summed E-state index contributed by atoms with van der Waals surface area (Å²) in [6.07, 6.45) is 5.13. The topological polar surface area (TPSA) is 78.4 Å². The van der Waals surface area contributed by atoms with Gasteiger partial charge >= 0.3 is 6.61 Å². The van der Waals surface area contributed by atoms with E-state index in [9.17, 15) is 13.6 Å². The van der Waals surface area contributed by atoms with Crippen LogP contribution in [0.25, 0.3) is 28.2 Å². The molecule has 7 nitrogen and oxygen atoms in total. The lowest BCUT2D eigenvalue weighted by Crippen LogP contribution is -2.28. The van der Waals surface area contributed by atoms with Crippen LogP contribution in [0.3, 0.4) is 0 Å². The largest absolute Gasteiger partial charge is 0.479 e. The van der Waals surface area contributed by atoms with Crippen molar-refractivity contribution < 1.29 is 23.0 Å². The Labute approximate surface area is 207 Å². The van der Waals surface area contributed by atoms with Crippen molar-refractivity contribution in [2.45, 2.75) is 58.5 Å². The molecule has 0 aliphatic carbocycles. The molecule has 35 heavy (non-hydrogen) atoms. The molecule has 1 aliphatic rings. The number of rotatable bonds is 8. The molecule has 2 aromatic heterocycles. The normalized spacial score (nSPS) is 14.9. The summed E-state index contributed by atoms with van der Waals surface area (Å²) in [4.78, 5) is 12.6. The number of ether oxygens (including phenoxy) is 3. The number of nitrogens with zero attached hydrogens (tertiary/aromatic N) is 2. The van der Waals surface area contributed by atoms with Gasteiger partial charge in [-0.25, -0.2) is 5.10 Å². The Hall–Kier alpha value is -2.69. The minimum atomic E-state index is -3.01. The summed E-state index contributed by atoms with van der Waals surface area (Å²) in [5.74, 6) is 0.0933. The third kappa shape index (κ3) is 5.29. The van der Waals surface area contributed by atoms with Crippen molar-refractivity contribution in [1.82, 2.24) is 14.8 Å². The molecular formula is C24H28ClF2N3O4Si. The van der Waals surface area contributed by atoms with E-state index in [4.69, 9.17) is 25.8 Å². The number of benzene rings is 1. The van der Waals surface area contributed by atoms with Crippen LogP contribution in [0.4, 0.5) is 8.78 Å². The highest BCUT2D eigenvalue weighted by atomic mass is 35.5. The summed E-state index contributed by atoms with van der Waals surface area (Å²) in [7, 11) is -1.31. The Balaban J connectivity index is 1.89. The number of hydrogen-bond acceptors (Lipinski definition) is 5. The Kier molecular flexibility index (Phi) is 6.82. The summed E-state index contributed by atoms with van der Waals surface area (Å²) in [6, 6.07) is 4.01. The van der Waals surface area contributed by atoms with E-state index in [-0.39, 0.29) is 28.6 Å². The fourth-order valence-corrected chi connectivity index (χ4v) is 5.06. The van der Waals surface area contributed by atoms with Crippen molar-refractivity contribution in [3.8, 4) is 22.8 Å². The summed E-state index contributed by atoms with van der Waals surface area (Å²) >= 11 is 6.78. The molecule has 11 heteroatoms. The molecule has 0 bridgehead atoms. The molecule has 188 valence electrons. The predicted molar refractivity (Wildman–Crippen MR) is 135 cm³/mol. The molecule has 1 N–H and O–H groups in total. The van der Waals surface area contributed by atoms with E-state index in [0.29, 0.717) is 28.9 Å². The summed E-state index contributed by atoms with van der Waals surface area (Å²) in [6.45, 7) is 8.08. The molecule has 0 spiro atoms. The van der Waals surface area contributed by atoms with Crippen molar-refractivity contribution in [2.75, 3.05) is 6.61 Å². The summed E-state index contributed by atoms with van der Waals surface area (Å²) < 4.78 is 44.7. The van der Waals surface area contributed by atoms with Gasteiger partial charge in [-0.2, -0.15) is 13.9 Å². The first-order valence-electron chi connectivity index (χ1n) is 11.2. The Morgan fingerprint density at radius 1 is 1.29 bits per heavy atom. The van der Waals surface area contributed by atoms with Gasteiger partial charge in [0.1, 0.15) is 12.3 Å². The molecule has 1 aromatic carbocycles. The van der Waals surface area contributed by atoms with Crippen LogP contribution < -0.4 is 15.0 Å². The molecule has 0 saturated carbocycles. The van der Waals surface area contributed by atoms with Crippen molar-refractivity contribution in [1.29, 1.82) is 0 Å². The van der Waals surface area contributed by atoms with Gasteiger partial charge in [0, 0.05) is 25.8 Å². The van der Waals surface area contributed by atoms with E-state index in [1.807, 2.05) is 19.9 Å². The third-order valence-electron chi connectivity index (χ3n) is 5.69. The molecule has 0 atom stereocenters. The maximum Gasteiger partial charge on any atom is 0.387 e. The molecule has 3 aromatic rings. The van der Waals surface area contributed by atoms with Gasteiger partial charge < -0.3 is 18.8 Å². The quantitative estimate of drug-likeness (QED) is 0.283. The van der Waals surface area contributed by atoms with E-state index in [2.05, 4.69) is 29.8 Å². The van der Waals surface area contributed by atoms with Crippen LogP contribution in [0.2, 0.25) is 30.7 Å². The number of aromatic amines is 1. The molecule has 0 radical (unpaired) electrons. The van der Waals surface area contributed by atoms with Crippen molar-refractivity contribution in [3.63, 3.8) is 0 Å². The van der Waals surface area contributed by atoms with Crippen molar-refractivity contribution in [2.24, 2.45) is 0 Å². The maximum absolute atomic E-state index is 13.1. The summed E-state index contributed by atoms with van der Waals surface area (Å²) in [5, 5.41) is 6.83. The van der Waals surface area contributed by atoms with Crippen LogP contribution in [0.1, 0.15) is 19.4 Å². The Morgan fingerprint density at radius 3 is 2.71 bits per heavy atom. The lowest BCUT2D eigenvalue weighted by Gasteiger charge is -2.30. The number of fused-ring (bicyclic) bond motifs is 2. The zero-order chi connectivity index (χ0) is 25.5. The Bertz CT molecular complexity index is 1350. The maximum atomic E-state index is 13.1. The lowest BCUT2D eigenvalue weighted by molar-refractivity contribution is -0.0526. The standard InChI is InChI=1S/C24H28ClF2N3O4Si/c1-24(2)9-8-15-14(6-7-17(21(15)34-24)33-23(26)27)20-19(25)18-16(12-28-29-22(18)31)30(20)13-32-10-11-35(3,4)5/h6-9,12,23H,10-11,13H2,1-5H3,(H,29,31). The Morgan fingerprint density at radius 2 is 2.03 bits per heavy atom. The average molecular weight is 524 g/mol. The molecule has 0 unspecified atom stereocenters. The number of aromatic nitrogens is 3. The van der Waals surface area contributed by atoms with E-state index < -0.39 is 25.8 Å². The summed E-state index contributed by atoms with van der Waals surface area (Å²) in [5.41, 5.74) is 0.936. The van der Waals surface area contributed by atoms with E-state index >= 15 is 0 Å². The molecule has 3 heterocycles. The van der Waals surface area contributed by atoms with Gasteiger partial charge in [0.05, 0.1) is 27.8 Å². The minimum Gasteiger partial charge on any atom is -0.479 e.